The van der Waals surface area contributed by atoms with Crippen LogP contribution in [-0.2, 0) is 0 Å². The summed E-state index contributed by atoms with van der Waals surface area (Å²) in [5, 5.41) is 13.0. The van der Waals surface area contributed by atoms with Gasteiger partial charge in [0.15, 0.2) is 0 Å². The SMILES string of the molecule is CC(C)CCN1CC(O)CNC(C)C1. The van der Waals surface area contributed by atoms with Gasteiger partial charge in [0.05, 0.1) is 6.10 Å². The normalized spacial score (nSPS) is 30.6. The number of nitrogens with one attached hydrogen (secondary N) is 1. The first-order valence-electron chi connectivity index (χ1n) is 5.71. The Morgan fingerprint density at radius 1 is 1.43 bits per heavy atom. The van der Waals surface area contributed by atoms with Crippen LogP contribution in [0.2, 0.25) is 0 Å². The highest BCUT2D eigenvalue weighted by atomic mass is 16.3. The van der Waals surface area contributed by atoms with Gasteiger partial charge in [0.1, 0.15) is 0 Å². The lowest BCUT2D eigenvalue weighted by atomic mass is 10.1. The second-order valence-electron chi connectivity index (χ2n) is 4.91. The molecule has 1 fully saturated rings. The van der Waals surface area contributed by atoms with Gasteiger partial charge in [-0.15, -0.1) is 0 Å². The van der Waals surface area contributed by atoms with E-state index in [9.17, 15) is 5.11 Å². The molecule has 1 saturated heterocycles. The molecule has 0 radical (unpaired) electrons. The van der Waals surface area contributed by atoms with Crippen molar-refractivity contribution < 1.29 is 5.11 Å². The van der Waals surface area contributed by atoms with Crippen molar-refractivity contribution >= 4 is 0 Å². The van der Waals surface area contributed by atoms with E-state index in [4.69, 9.17) is 0 Å². The van der Waals surface area contributed by atoms with Gasteiger partial charge in [0.2, 0.25) is 0 Å². The Balaban J connectivity index is 2.33. The summed E-state index contributed by atoms with van der Waals surface area (Å²) >= 11 is 0. The van der Waals surface area contributed by atoms with Gasteiger partial charge < -0.3 is 10.4 Å². The largest absolute Gasteiger partial charge is 0.390 e. The molecule has 0 amide bonds. The van der Waals surface area contributed by atoms with Crippen LogP contribution < -0.4 is 5.32 Å². The van der Waals surface area contributed by atoms with Crippen LogP contribution in [0.25, 0.3) is 0 Å². The van der Waals surface area contributed by atoms with Crippen molar-refractivity contribution in [3.8, 4) is 0 Å². The molecule has 1 heterocycles. The van der Waals surface area contributed by atoms with E-state index >= 15 is 0 Å². The van der Waals surface area contributed by atoms with Crippen molar-refractivity contribution in [2.75, 3.05) is 26.2 Å². The third-order valence-electron chi connectivity index (χ3n) is 2.73. The smallest absolute Gasteiger partial charge is 0.0791 e. The average Bonchev–Trinajstić information content (AvgIpc) is 2.25. The summed E-state index contributed by atoms with van der Waals surface area (Å²) < 4.78 is 0. The van der Waals surface area contributed by atoms with Crippen molar-refractivity contribution in [2.45, 2.75) is 39.3 Å². The third-order valence-corrected chi connectivity index (χ3v) is 2.73. The van der Waals surface area contributed by atoms with Gasteiger partial charge in [-0.25, -0.2) is 0 Å². The summed E-state index contributed by atoms with van der Waals surface area (Å²) in [4.78, 5) is 2.37. The molecule has 84 valence electrons. The molecule has 2 unspecified atom stereocenters. The number of hydrogen-bond donors (Lipinski definition) is 2. The van der Waals surface area contributed by atoms with Gasteiger partial charge in [0, 0.05) is 25.7 Å². The van der Waals surface area contributed by atoms with Crippen molar-refractivity contribution in [1.29, 1.82) is 0 Å². The van der Waals surface area contributed by atoms with Crippen LogP contribution in [0.1, 0.15) is 27.2 Å². The molecule has 1 aliphatic heterocycles. The minimum atomic E-state index is -0.202. The van der Waals surface area contributed by atoms with Gasteiger partial charge in [-0.3, -0.25) is 4.90 Å². The number of aliphatic hydroxyl groups is 1. The zero-order valence-corrected chi connectivity index (χ0v) is 9.66. The summed E-state index contributed by atoms with van der Waals surface area (Å²) in [6, 6.07) is 0.499. The van der Waals surface area contributed by atoms with E-state index in [1.54, 1.807) is 0 Å². The van der Waals surface area contributed by atoms with E-state index in [1.807, 2.05) is 0 Å². The minimum absolute atomic E-state index is 0.202. The van der Waals surface area contributed by atoms with Gasteiger partial charge in [0.25, 0.3) is 0 Å². The summed E-state index contributed by atoms with van der Waals surface area (Å²) in [5.74, 6) is 0.749. The lowest BCUT2D eigenvalue weighted by Gasteiger charge is -2.23. The van der Waals surface area contributed by atoms with Gasteiger partial charge in [-0.1, -0.05) is 13.8 Å². The molecule has 2 N–H and O–H groups in total. The second-order valence-corrected chi connectivity index (χ2v) is 4.91. The first kappa shape index (κ1) is 12.0. The Hall–Kier alpha value is -0.120. The molecule has 1 aliphatic rings. The maximum Gasteiger partial charge on any atom is 0.0791 e. The zero-order valence-electron chi connectivity index (χ0n) is 9.66. The number of β-amino-alcohol motifs (C(OH)–C–C–N with tert-alkyl or cyclic N) is 1. The van der Waals surface area contributed by atoms with E-state index in [0.29, 0.717) is 6.04 Å². The van der Waals surface area contributed by atoms with E-state index < -0.39 is 0 Å². The minimum Gasteiger partial charge on any atom is -0.390 e. The zero-order chi connectivity index (χ0) is 10.6. The molecule has 0 aromatic rings. The molecule has 3 nitrogen and oxygen atoms in total. The molecule has 0 aliphatic carbocycles. The van der Waals surface area contributed by atoms with Gasteiger partial charge in [-0.05, 0) is 25.8 Å². The maximum absolute atomic E-state index is 9.64. The predicted octanol–water partition coefficient (Wildman–Crippen LogP) is 0.687. The predicted molar refractivity (Wildman–Crippen MR) is 59.4 cm³/mol. The topological polar surface area (TPSA) is 35.5 Å². The fourth-order valence-electron chi connectivity index (χ4n) is 1.85. The van der Waals surface area contributed by atoms with Crippen LogP contribution in [0.3, 0.4) is 0 Å². The summed E-state index contributed by atoms with van der Waals surface area (Å²) in [7, 11) is 0. The fourth-order valence-corrected chi connectivity index (χ4v) is 1.85. The molecular formula is C11H24N2O. The Morgan fingerprint density at radius 3 is 2.79 bits per heavy atom. The highest BCUT2D eigenvalue weighted by molar-refractivity contribution is 4.77. The van der Waals surface area contributed by atoms with Crippen molar-refractivity contribution in [3.63, 3.8) is 0 Å². The van der Waals surface area contributed by atoms with Crippen LogP contribution >= 0.6 is 0 Å². The maximum atomic E-state index is 9.64. The lowest BCUT2D eigenvalue weighted by molar-refractivity contribution is 0.127. The highest BCUT2D eigenvalue weighted by Crippen LogP contribution is 2.06. The summed E-state index contributed by atoms with van der Waals surface area (Å²) in [5.41, 5.74) is 0. The second kappa shape index (κ2) is 5.69. The molecular weight excluding hydrogens is 176 g/mol. The standard InChI is InChI=1S/C11H24N2O/c1-9(2)4-5-13-7-10(3)12-6-11(14)8-13/h9-12,14H,4-8H2,1-3H3. The molecule has 0 spiro atoms. The molecule has 3 heteroatoms. The Morgan fingerprint density at radius 2 is 2.14 bits per heavy atom. The Bertz CT molecular complexity index is 149. The molecule has 0 aromatic heterocycles. The van der Waals surface area contributed by atoms with Crippen LogP contribution in [0, 0.1) is 5.92 Å². The Kier molecular flexibility index (Phi) is 4.85. The molecule has 0 saturated carbocycles. The molecule has 2 atom stereocenters. The number of rotatable bonds is 3. The monoisotopic (exact) mass is 200 g/mol. The molecule has 14 heavy (non-hydrogen) atoms. The van der Waals surface area contributed by atoms with E-state index in [2.05, 4.69) is 31.0 Å². The lowest BCUT2D eigenvalue weighted by Crippen LogP contribution is -2.36. The summed E-state index contributed by atoms with van der Waals surface area (Å²) in [6.45, 7) is 10.4. The third kappa shape index (κ3) is 4.40. The Labute approximate surface area is 87.5 Å². The van der Waals surface area contributed by atoms with E-state index in [0.717, 1.165) is 32.1 Å². The quantitative estimate of drug-likeness (QED) is 0.703. The van der Waals surface area contributed by atoms with Gasteiger partial charge in [-0.2, -0.15) is 0 Å². The average molecular weight is 200 g/mol. The molecule has 0 bridgehead atoms. The van der Waals surface area contributed by atoms with Crippen molar-refractivity contribution in [1.82, 2.24) is 10.2 Å². The number of aliphatic hydroxyl groups excluding tert-OH is 1. The van der Waals surface area contributed by atoms with Crippen molar-refractivity contribution in [3.05, 3.63) is 0 Å². The first-order valence-corrected chi connectivity index (χ1v) is 5.71. The first-order chi connectivity index (χ1) is 6.58. The van der Waals surface area contributed by atoms with Crippen molar-refractivity contribution in [2.24, 2.45) is 5.92 Å². The van der Waals surface area contributed by atoms with E-state index in [1.165, 1.54) is 6.42 Å². The van der Waals surface area contributed by atoms with Crippen LogP contribution in [0.5, 0.6) is 0 Å². The fraction of sp³-hybridized carbons (Fsp3) is 1.00. The van der Waals surface area contributed by atoms with Crippen LogP contribution in [0.4, 0.5) is 0 Å². The highest BCUT2D eigenvalue weighted by Gasteiger charge is 2.19. The summed E-state index contributed by atoms with van der Waals surface area (Å²) in [6.07, 6.45) is 1.02. The van der Waals surface area contributed by atoms with Gasteiger partial charge >= 0.3 is 0 Å². The van der Waals surface area contributed by atoms with Crippen LogP contribution in [0.15, 0.2) is 0 Å². The number of hydrogen-bond acceptors (Lipinski definition) is 3. The van der Waals surface area contributed by atoms with E-state index in [-0.39, 0.29) is 6.10 Å². The molecule has 1 rings (SSSR count). The molecule has 0 aromatic carbocycles. The number of nitrogens with zero attached hydrogens (tertiary/aromatic N) is 1. The van der Waals surface area contributed by atoms with Crippen LogP contribution in [-0.4, -0.2) is 48.3 Å².